The molecule has 0 atom stereocenters. The quantitative estimate of drug-likeness (QED) is 0.635. The summed E-state index contributed by atoms with van der Waals surface area (Å²) in [7, 11) is 0. The molecule has 1 heterocycles. The zero-order chi connectivity index (χ0) is 11.0. The number of carbonyl (C=O) groups is 2. The molecule has 0 fully saturated rings. The van der Waals surface area contributed by atoms with Crippen molar-refractivity contribution in [2.45, 2.75) is 13.3 Å². The van der Waals surface area contributed by atoms with Gasteiger partial charge in [-0.1, -0.05) is 11.6 Å². The topological polar surface area (TPSA) is 43.4 Å². The molecule has 0 unspecified atom stereocenters. The number of hydrogen-bond donors (Lipinski definition) is 0. The molecule has 0 spiro atoms. The molecule has 3 nitrogen and oxygen atoms in total. The van der Waals surface area contributed by atoms with Crippen LogP contribution in [0, 0.1) is 6.92 Å². The highest BCUT2D eigenvalue weighted by Crippen LogP contribution is 2.29. The molecule has 0 radical (unpaired) electrons. The maximum absolute atomic E-state index is 11.6. The molecule has 0 aromatic heterocycles. The Balaban J connectivity index is 2.54. The molecule has 1 aromatic rings. The number of ketones is 2. The lowest BCUT2D eigenvalue weighted by molar-refractivity contribution is -0.119. The van der Waals surface area contributed by atoms with Gasteiger partial charge in [-0.15, -0.1) is 0 Å². The summed E-state index contributed by atoms with van der Waals surface area (Å²) < 4.78 is 5.24. The van der Waals surface area contributed by atoms with Crippen molar-refractivity contribution in [1.82, 2.24) is 0 Å². The summed E-state index contributed by atoms with van der Waals surface area (Å²) >= 11 is 5.91. The van der Waals surface area contributed by atoms with Gasteiger partial charge in [0.05, 0.1) is 12.0 Å². The highest BCUT2D eigenvalue weighted by atomic mass is 35.5. The number of halogens is 1. The van der Waals surface area contributed by atoms with Crippen LogP contribution in [0.3, 0.4) is 0 Å². The summed E-state index contributed by atoms with van der Waals surface area (Å²) in [6.45, 7) is 1.78. The lowest BCUT2D eigenvalue weighted by Gasteiger charge is -2.07. The monoisotopic (exact) mass is 224 g/mol. The minimum absolute atomic E-state index is 0.0419. The van der Waals surface area contributed by atoms with Crippen molar-refractivity contribution in [1.29, 1.82) is 0 Å². The number of aryl methyl sites for hydroxylation is 1. The molecule has 4 heteroatoms. The Morgan fingerprint density at radius 2 is 2.07 bits per heavy atom. The number of ether oxygens (including phenoxy) is 1. The molecule has 0 bridgehead atoms. The van der Waals surface area contributed by atoms with E-state index >= 15 is 0 Å². The average molecular weight is 225 g/mol. The van der Waals surface area contributed by atoms with Crippen molar-refractivity contribution >= 4 is 23.2 Å². The number of rotatable bonds is 0. The standard InChI is InChI=1S/C11H9ClO3/c1-6-2-11-8(4-9(6)12)10(14)3-7(13)5-15-11/h2,4H,3,5H2,1H3. The molecule has 1 aromatic carbocycles. The van der Waals surface area contributed by atoms with Crippen LogP contribution in [-0.2, 0) is 4.79 Å². The molecule has 0 saturated heterocycles. The van der Waals surface area contributed by atoms with Crippen LogP contribution < -0.4 is 4.74 Å². The Morgan fingerprint density at radius 1 is 1.33 bits per heavy atom. The third kappa shape index (κ3) is 1.88. The van der Waals surface area contributed by atoms with Crippen molar-refractivity contribution < 1.29 is 14.3 Å². The molecule has 0 N–H and O–H groups in total. The minimum Gasteiger partial charge on any atom is -0.485 e. The Hall–Kier alpha value is -1.35. The lowest BCUT2D eigenvalue weighted by atomic mass is 10.0. The van der Waals surface area contributed by atoms with Gasteiger partial charge in [0.2, 0.25) is 0 Å². The van der Waals surface area contributed by atoms with E-state index in [4.69, 9.17) is 16.3 Å². The fourth-order valence-corrected chi connectivity index (χ4v) is 1.64. The van der Waals surface area contributed by atoms with Gasteiger partial charge in [0.25, 0.3) is 0 Å². The summed E-state index contributed by atoms with van der Waals surface area (Å²) in [6, 6.07) is 3.25. The summed E-state index contributed by atoms with van der Waals surface area (Å²) in [5, 5.41) is 0.514. The van der Waals surface area contributed by atoms with Crippen molar-refractivity contribution in [3.05, 3.63) is 28.3 Å². The number of Topliss-reactive ketones (excluding diaryl/α,β-unsaturated/α-hetero) is 2. The maximum Gasteiger partial charge on any atom is 0.177 e. The lowest BCUT2D eigenvalue weighted by Crippen LogP contribution is -2.10. The van der Waals surface area contributed by atoms with Gasteiger partial charge >= 0.3 is 0 Å². The first-order valence-electron chi connectivity index (χ1n) is 4.56. The van der Waals surface area contributed by atoms with E-state index in [1.807, 2.05) is 6.92 Å². The van der Waals surface area contributed by atoms with Crippen LogP contribution in [0.4, 0.5) is 0 Å². The first-order valence-corrected chi connectivity index (χ1v) is 4.93. The Morgan fingerprint density at radius 3 is 2.80 bits per heavy atom. The fraction of sp³-hybridized carbons (Fsp3) is 0.273. The molecule has 0 amide bonds. The molecular weight excluding hydrogens is 216 g/mol. The van der Waals surface area contributed by atoms with Crippen LogP contribution in [0.5, 0.6) is 5.75 Å². The molecule has 2 rings (SSSR count). The zero-order valence-corrected chi connectivity index (χ0v) is 8.93. The summed E-state index contributed by atoms with van der Waals surface area (Å²) in [5.41, 5.74) is 1.23. The second-order valence-electron chi connectivity index (χ2n) is 3.52. The van der Waals surface area contributed by atoms with E-state index in [1.165, 1.54) is 0 Å². The second kappa shape index (κ2) is 3.66. The van der Waals surface area contributed by atoms with Gasteiger partial charge in [-0.2, -0.15) is 0 Å². The number of benzene rings is 1. The van der Waals surface area contributed by atoms with Gasteiger partial charge in [0, 0.05) is 5.02 Å². The Labute approximate surface area is 92.0 Å². The number of hydrogen-bond acceptors (Lipinski definition) is 3. The van der Waals surface area contributed by atoms with Crippen molar-refractivity contribution in [2.75, 3.05) is 6.61 Å². The van der Waals surface area contributed by atoms with E-state index in [2.05, 4.69) is 0 Å². The molecule has 78 valence electrons. The van der Waals surface area contributed by atoms with E-state index in [0.29, 0.717) is 16.3 Å². The van der Waals surface area contributed by atoms with Crippen LogP contribution in [-0.4, -0.2) is 18.2 Å². The summed E-state index contributed by atoms with van der Waals surface area (Å²) in [4.78, 5) is 22.8. The number of fused-ring (bicyclic) bond motifs is 1. The third-order valence-corrected chi connectivity index (χ3v) is 2.71. The molecule has 0 saturated carbocycles. The average Bonchev–Trinajstić information content (AvgIpc) is 2.30. The molecule has 0 aliphatic carbocycles. The number of carbonyl (C=O) groups excluding carboxylic acids is 2. The molecular formula is C11H9ClO3. The maximum atomic E-state index is 11.6. The van der Waals surface area contributed by atoms with Gasteiger partial charge < -0.3 is 4.74 Å². The predicted molar refractivity (Wildman–Crippen MR) is 55.6 cm³/mol. The van der Waals surface area contributed by atoms with Gasteiger partial charge in [0.15, 0.2) is 11.6 Å². The van der Waals surface area contributed by atoms with Crippen molar-refractivity contribution in [2.24, 2.45) is 0 Å². The van der Waals surface area contributed by atoms with Crippen molar-refractivity contribution in [3.63, 3.8) is 0 Å². The van der Waals surface area contributed by atoms with Gasteiger partial charge in [-0.25, -0.2) is 0 Å². The van der Waals surface area contributed by atoms with Crippen LogP contribution in [0.25, 0.3) is 0 Å². The van der Waals surface area contributed by atoms with Gasteiger partial charge in [0.1, 0.15) is 12.4 Å². The van der Waals surface area contributed by atoms with Crippen LogP contribution in [0.15, 0.2) is 12.1 Å². The minimum atomic E-state index is -0.227. The highest BCUT2D eigenvalue weighted by Gasteiger charge is 2.22. The SMILES string of the molecule is Cc1cc2c(cc1Cl)C(=O)CC(=O)CO2. The van der Waals surface area contributed by atoms with E-state index in [-0.39, 0.29) is 24.6 Å². The Bertz CT molecular complexity index is 451. The predicted octanol–water partition coefficient (Wildman–Crippen LogP) is 2.18. The van der Waals surface area contributed by atoms with E-state index in [0.717, 1.165) is 5.56 Å². The fourth-order valence-electron chi connectivity index (χ4n) is 1.48. The summed E-state index contributed by atoms with van der Waals surface area (Å²) in [5.74, 6) is 0.0205. The van der Waals surface area contributed by atoms with Crippen molar-refractivity contribution in [3.8, 4) is 5.75 Å². The zero-order valence-electron chi connectivity index (χ0n) is 8.17. The van der Waals surface area contributed by atoms with Crippen LogP contribution in [0.1, 0.15) is 22.3 Å². The Kier molecular flexibility index (Phi) is 2.49. The van der Waals surface area contributed by atoms with E-state index in [9.17, 15) is 9.59 Å². The first kappa shape index (κ1) is 10.2. The van der Waals surface area contributed by atoms with Gasteiger partial charge in [-0.05, 0) is 24.6 Å². The normalized spacial score (nSPS) is 15.6. The molecule has 1 aliphatic rings. The van der Waals surface area contributed by atoms with Crippen LogP contribution >= 0.6 is 11.6 Å². The van der Waals surface area contributed by atoms with E-state index < -0.39 is 0 Å². The molecule has 1 aliphatic heterocycles. The smallest absolute Gasteiger partial charge is 0.177 e. The highest BCUT2D eigenvalue weighted by molar-refractivity contribution is 6.32. The van der Waals surface area contributed by atoms with Crippen LogP contribution in [0.2, 0.25) is 5.02 Å². The van der Waals surface area contributed by atoms with Gasteiger partial charge in [-0.3, -0.25) is 9.59 Å². The second-order valence-corrected chi connectivity index (χ2v) is 3.93. The third-order valence-electron chi connectivity index (χ3n) is 2.31. The largest absolute Gasteiger partial charge is 0.485 e. The summed E-state index contributed by atoms with van der Waals surface area (Å²) in [6.07, 6.45) is -0.105. The molecule has 15 heavy (non-hydrogen) atoms. The first-order chi connectivity index (χ1) is 7.08. The van der Waals surface area contributed by atoms with E-state index in [1.54, 1.807) is 12.1 Å².